The van der Waals surface area contributed by atoms with E-state index in [-0.39, 0.29) is 17.7 Å². The first-order chi connectivity index (χ1) is 4.93. The zero-order valence-corrected chi connectivity index (χ0v) is 6.41. The second kappa shape index (κ2) is 3.52. The Labute approximate surface area is 65.3 Å². The van der Waals surface area contributed by atoms with Gasteiger partial charge >= 0.3 is 5.97 Å². The minimum absolute atomic E-state index is 0.0486. The van der Waals surface area contributed by atoms with Crippen molar-refractivity contribution in [2.24, 2.45) is 5.73 Å². The van der Waals surface area contributed by atoms with E-state index in [2.05, 4.69) is 6.58 Å². The zero-order valence-electron chi connectivity index (χ0n) is 6.41. The van der Waals surface area contributed by atoms with Gasteiger partial charge in [0.1, 0.15) is 0 Å². The molecule has 0 aromatic rings. The topological polar surface area (TPSA) is 86.7 Å². The van der Waals surface area contributed by atoms with E-state index in [1.54, 1.807) is 6.92 Å². The molecule has 0 amide bonds. The van der Waals surface area contributed by atoms with E-state index in [1.165, 1.54) is 6.08 Å². The molecule has 0 spiro atoms. The maximum atomic E-state index is 8.70. The van der Waals surface area contributed by atoms with E-state index >= 15 is 0 Å². The summed E-state index contributed by atoms with van der Waals surface area (Å²) in [5.41, 5.74) is 5.33. The molecule has 4 nitrogen and oxygen atoms in total. The first-order valence-corrected chi connectivity index (χ1v) is 3.22. The van der Waals surface area contributed by atoms with Crippen molar-refractivity contribution < 1.29 is 15.3 Å². The maximum absolute atomic E-state index is 8.70. The van der Waals surface area contributed by atoms with Crippen LogP contribution in [0.2, 0.25) is 0 Å². The van der Waals surface area contributed by atoms with Crippen LogP contribution < -0.4 is 5.73 Å². The van der Waals surface area contributed by atoms with E-state index in [0.29, 0.717) is 0 Å². The number of rotatable bonds is 3. The third-order valence-corrected chi connectivity index (χ3v) is 1.33. The lowest BCUT2D eigenvalue weighted by molar-refractivity contribution is -0.283. The molecule has 0 fully saturated rings. The molecule has 0 aliphatic rings. The SMILES string of the molecule is C=C/C(N)=C(\CC)C(O)(O)O. The maximum Gasteiger partial charge on any atom is 0.302 e. The molecule has 0 aromatic carbocycles. The van der Waals surface area contributed by atoms with E-state index in [0.717, 1.165) is 0 Å². The van der Waals surface area contributed by atoms with Gasteiger partial charge < -0.3 is 21.1 Å². The molecule has 0 unspecified atom stereocenters. The second-order valence-electron chi connectivity index (χ2n) is 2.13. The fraction of sp³-hybridized carbons (Fsp3) is 0.429. The normalized spacial score (nSPS) is 14.2. The Morgan fingerprint density at radius 1 is 1.55 bits per heavy atom. The summed E-state index contributed by atoms with van der Waals surface area (Å²) >= 11 is 0. The van der Waals surface area contributed by atoms with Gasteiger partial charge in [0.2, 0.25) is 0 Å². The van der Waals surface area contributed by atoms with Gasteiger partial charge in [-0.3, -0.25) is 0 Å². The number of nitrogens with two attached hydrogens (primary N) is 1. The van der Waals surface area contributed by atoms with E-state index in [4.69, 9.17) is 21.1 Å². The number of hydrogen-bond acceptors (Lipinski definition) is 4. The lowest BCUT2D eigenvalue weighted by atomic mass is 10.1. The second-order valence-corrected chi connectivity index (χ2v) is 2.13. The highest BCUT2D eigenvalue weighted by molar-refractivity contribution is 5.23. The molecule has 0 bridgehead atoms. The molecule has 0 aliphatic heterocycles. The van der Waals surface area contributed by atoms with Crippen molar-refractivity contribution >= 4 is 0 Å². The summed E-state index contributed by atoms with van der Waals surface area (Å²) in [6, 6.07) is 0. The van der Waals surface area contributed by atoms with Crippen LogP contribution >= 0.6 is 0 Å². The summed E-state index contributed by atoms with van der Waals surface area (Å²) in [7, 11) is 0. The van der Waals surface area contributed by atoms with Gasteiger partial charge in [-0.15, -0.1) is 0 Å². The van der Waals surface area contributed by atoms with Crippen molar-refractivity contribution in [3.63, 3.8) is 0 Å². The molecule has 0 saturated heterocycles. The molecule has 0 aromatic heterocycles. The van der Waals surface area contributed by atoms with Crippen molar-refractivity contribution in [1.29, 1.82) is 0 Å². The van der Waals surface area contributed by atoms with Crippen LogP contribution in [-0.4, -0.2) is 21.3 Å². The van der Waals surface area contributed by atoms with E-state index < -0.39 is 5.97 Å². The fourth-order valence-corrected chi connectivity index (χ4v) is 0.758. The minimum atomic E-state index is -2.83. The van der Waals surface area contributed by atoms with Gasteiger partial charge in [0.25, 0.3) is 0 Å². The quantitative estimate of drug-likeness (QED) is 0.328. The number of hydrogen-bond donors (Lipinski definition) is 4. The summed E-state index contributed by atoms with van der Waals surface area (Å²) in [6.45, 7) is 4.97. The van der Waals surface area contributed by atoms with Crippen molar-refractivity contribution in [2.45, 2.75) is 19.3 Å². The van der Waals surface area contributed by atoms with Crippen LogP contribution in [0.15, 0.2) is 23.9 Å². The molecule has 0 heterocycles. The Morgan fingerprint density at radius 3 is 2.09 bits per heavy atom. The summed E-state index contributed by atoms with van der Waals surface area (Å²) < 4.78 is 0. The third-order valence-electron chi connectivity index (χ3n) is 1.33. The lowest BCUT2D eigenvalue weighted by Gasteiger charge is -2.18. The van der Waals surface area contributed by atoms with Gasteiger partial charge in [-0.05, 0) is 12.5 Å². The first-order valence-electron chi connectivity index (χ1n) is 3.22. The molecule has 0 rings (SSSR count). The zero-order chi connectivity index (χ0) is 9.07. The van der Waals surface area contributed by atoms with Gasteiger partial charge in [-0.2, -0.15) is 0 Å². The first kappa shape index (κ1) is 10.2. The van der Waals surface area contributed by atoms with Crippen LogP contribution in [-0.2, 0) is 0 Å². The van der Waals surface area contributed by atoms with Gasteiger partial charge in [0.15, 0.2) is 0 Å². The lowest BCUT2D eigenvalue weighted by Crippen LogP contribution is -2.31. The summed E-state index contributed by atoms with van der Waals surface area (Å²) in [5.74, 6) is -2.83. The molecule has 0 atom stereocenters. The Bertz CT molecular complexity index is 179. The Hall–Kier alpha value is -0.840. The highest BCUT2D eigenvalue weighted by Gasteiger charge is 2.25. The Balaban J connectivity index is 4.80. The van der Waals surface area contributed by atoms with Crippen LogP contribution in [0.1, 0.15) is 13.3 Å². The number of aliphatic hydroxyl groups is 3. The van der Waals surface area contributed by atoms with Crippen LogP contribution in [0.4, 0.5) is 0 Å². The summed E-state index contributed by atoms with van der Waals surface area (Å²) in [6.07, 6.45) is 1.50. The van der Waals surface area contributed by atoms with Gasteiger partial charge in [0.05, 0.1) is 0 Å². The molecule has 0 radical (unpaired) electrons. The number of allylic oxidation sites excluding steroid dienone is 1. The van der Waals surface area contributed by atoms with Crippen molar-refractivity contribution in [2.75, 3.05) is 0 Å². The van der Waals surface area contributed by atoms with Crippen LogP contribution in [0.3, 0.4) is 0 Å². The molecule has 0 saturated carbocycles. The van der Waals surface area contributed by atoms with Gasteiger partial charge in [-0.1, -0.05) is 13.5 Å². The molecular weight excluding hydrogens is 146 g/mol. The predicted molar refractivity (Wildman–Crippen MR) is 41.1 cm³/mol. The smallest absolute Gasteiger partial charge is 0.302 e. The van der Waals surface area contributed by atoms with Crippen molar-refractivity contribution in [3.8, 4) is 0 Å². The highest BCUT2D eigenvalue weighted by Crippen LogP contribution is 2.16. The average Bonchev–Trinajstić information content (AvgIpc) is 1.86. The molecule has 64 valence electrons. The van der Waals surface area contributed by atoms with E-state index in [1.807, 2.05) is 0 Å². The monoisotopic (exact) mass is 159 g/mol. The highest BCUT2D eigenvalue weighted by atomic mass is 16.7. The van der Waals surface area contributed by atoms with Crippen LogP contribution in [0.25, 0.3) is 0 Å². The Kier molecular flexibility index (Phi) is 3.25. The molecule has 4 heteroatoms. The summed E-state index contributed by atoms with van der Waals surface area (Å²) in [5, 5.41) is 26.1. The standard InChI is InChI=1S/C7H13NO3/c1-3-5(6(8)4-2)7(9,10)11/h4,9-11H,2-3,8H2,1H3/b6-5-. The van der Waals surface area contributed by atoms with Gasteiger partial charge in [-0.25, -0.2) is 0 Å². The summed E-state index contributed by atoms with van der Waals surface area (Å²) in [4.78, 5) is 0. The largest absolute Gasteiger partial charge is 0.399 e. The van der Waals surface area contributed by atoms with Crippen molar-refractivity contribution in [1.82, 2.24) is 0 Å². The van der Waals surface area contributed by atoms with Gasteiger partial charge in [0, 0.05) is 11.3 Å². The molecule has 0 aliphatic carbocycles. The molecule has 5 N–H and O–H groups in total. The predicted octanol–water partition coefficient (Wildman–Crippen LogP) is -0.574. The van der Waals surface area contributed by atoms with Crippen LogP contribution in [0.5, 0.6) is 0 Å². The van der Waals surface area contributed by atoms with E-state index in [9.17, 15) is 0 Å². The fourth-order valence-electron chi connectivity index (χ4n) is 0.758. The minimum Gasteiger partial charge on any atom is -0.399 e. The average molecular weight is 159 g/mol. The third kappa shape index (κ3) is 2.71. The molecule has 11 heavy (non-hydrogen) atoms. The molecular formula is C7H13NO3. The Morgan fingerprint density at radius 2 is 2.00 bits per heavy atom. The van der Waals surface area contributed by atoms with Crippen LogP contribution in [0, 0.1) is 0 Å². The van der Waals surface area contributed by atoms with Crippen molar-refractivity contribution in [3.05, 3.63) is 23.9 Å².